The van der Waals surface area contributed by atoms with Crippen molar-refractivity contribution in [1.82, 2.24) is 0 Å². The molecule has 5 aliphatic rings. The summed E-state index contributed by atoms with van der Waals surface area (Å²) in [7, 11) is 0. The Bertz CT molecular complexity index is 411. The van der Waals surface area contributed by atoms with Gasteiger partial charge in [0.1, 0.15) is 0 Å². The number of rotatable bonds is 7. The molecule has 112 valence electrons. The molecule has 0 spiro atoms. The highest BCUT2D eigenvalue weighted by Gasteiger charge is 2.80. The van der Waals surface area contributed by atoms with E-state index in [1.165, 1.54) is 44.9 Å². The van der Waals surface area contributed by atoms with Crippen molar-refractivity contribution in [3.8, 4) is 0 Å². The number of hydrogen-bond donors (Lipinski definition) is 0. The summed E-state index contributed by atoms with van der Waals surface area (Å²) in [5.74, 6) is 2.60. The van der Waals surface area contributed by atoms with Gasteiger partial charge in [-0.05, 0) is 24.7 Å². The fourth-order valence-corrected chi connectivity index (χ4v) is 6.07. The molecule has 3 aliphatic heterocycles. The summed E-state index contributed by atoms with van der Waals surface area (Å²) >= 11 is 0. The lowest BCUT2D eigenvalue weighted by molar-refractivity contribution is -0.241. The van der Waals surface area contributed by atoms with Crippen LogP contribution >= 0.6 is 0 Å². The monoisotopic (exact) mass is 278 g/mol. The van der Waals surface area contributed by atoms with Crippen molar-refractivity contribution >= 4 is 0 Å². The first kappa shape index (κ1) is 12.4. The Balaban J connectivity index is 1.25. The third kappa shape index (κ3) is 1.37. The van der Waals surface area contributed by atoms with E-state index in [1.807, 2.05) is 0 Å². The maximum absolute atomic E-state index is 6.45. The second-order valence-electron chi connectivity index (χ2n) is 7.67. The van der Waals surface area contributed by atoms with Crippen LogP contribution in [0.2, 0.25) is 0 Å². The Morgan fingerprint density at radius 2 is 1.80 bits per heavy atom. The molecule has 5 rings (SSSR count). The molecule has 3 heteroatoms. The van der Waals surface area contributed by atoms with Gasteiger partial charge in [0.15, 0.2) is 12.1 Å². The van der Waals surface area contributed by atoms with Crippen LogP contribution in [0.5, 0.6) is 0 Å². The van der Waals surface area contributed by atoms with Crippen molar-refractivity contribution in [2.45, 2.75) is 82.6 Å². The first-order valence-corrected chi connectivity index (χ1v) is 8.85. The molecule has 5 fully saturated rings. The average molecular weight is 278 g/mol. The fourth-order valence-electron chi connectivity index (χ4n) is 6.07. The molecule has 2 aliphatic carbocycles. The van der Waals surface area contributed by atoms with E-state index in [4.69, 9.17) is 14.2 Å². The molecule has 20 heavy (non-hydrogen) atoms. The quantitative estimate of drug-likeness (QED) is 0.667. The van der Waals surface area contributed by atoms with Gasteiger partial charge in [-0.3, -0.25) is 0 Å². The SMILES string of the molecule is CCCCCCCCC12OC3OC4C5CC(C4O1)C2C35. The van der Waals surface area contributed by atoms with Gasteiger partial charge in [0, 0.05) is 18.3 Å². The van der Waals surface area contributed by atoms with Crippen molar-refractivity contribution in [3.05, 3.63) is 0 Å². The topological polar surface area (TPSA) is 27.7 Å². The highest BCUT2D eigenvalue weighted by molar-refractivity contribution is 5.21. The maximum atomic E-state index is 6.45. The zero-order valence-electron chi connectivity index (χ0n) is 12.4. The van der Waals surface area contributed by atoms with Crippen LogP contribution in [0.4, 0.5) is 0 Å². The van der Waals surface area contributed by atoms with E-state index in [1.54, 1.807) is 0 Å². The lowest BCUT2D eigenvalue weighted by atomic mass is 9.77. The molecule has 2 saturated carbocycles. The largest absolute Gasteiger partial charge is 0.346 e. The van der Waals surface area contributed by atoms with Gasteiger partial charge in [-0.1, -0.05) is 39.0 Å². The van der Waals surface area contributed by atoms with E-state index in [2.05, 4.69) is 6.92 Å². The Kier molecular flexibility index (Phi) is 2.61. The molecule has 8 unspecified atom stereocenters. The van der Waals surface area contributed by atoms with Gasteiger partial charge >= 0.3 is 0 Å². The predicted octanol–water partition coefficient (Wildman–Crippen LogP) is 3.47. The Hall–Kier alpha value is -0.120. The molecule has 3 nitrogen and oxygen atoms in total. The molecule has 3 heterocycles. The minimum atomic E-state index is -0.241. The molecule has 0 aromatic rings. The number of unbranched alkanes of at least 4 members (excludes halogenated alkanes) is 5. The molecule has 0 aromatic carbocycles. The summed E-state index contributed by atoms with van der Waals surface area (Å²) in [5.41, 5.74) is 0. The third-order valence-corrected chi connectivity index (χ3v) is 6.73. The summed E-state index contributed by atoms with van der Waals surface area (Å²) in [6, 6.07) is 0. The van der Waals surface area contributed by atoms with E-state index in [0.29, 0.717) is 24.0 Å². The van der Waals surface area contributed by atoms with Crippen LogP contribution in [-0.2, 0) is 14.2 Å². The molecule has 0 amide bonds. The summed E-state index contributed by atoms with van der Waals surface area (Å²) < 4.78 is 18.9. The van der Waals surface area contributed by atoms with Crippen molar-refractivity contribution in [2.75, 3.05) is 0 Å². The molecular weight excluding hydrogens is 252 g/mol. The lowest BCUT2D eigenvalue weighted by Gasteiger charge is -2.28. The Morgan fingerprint density at radius 1 is 0.950 bits per heavy atom. The second kappa shape index (κ2) is 4.21. The van der Waals surface area contributed by atoms with Crippen molar-refractivity contribution < 1.29 is 14.2 Å². The summed E-state index contributed by atoms with van der Waals surface area (Å²) in [5, 5.41) is 0. The number of ether oxygens (including phenoxy) is 3. The average Bonchev–Trinajstić information content (AvgIpc) is 3.09. The smallest absolute Gasteiger partial charge is 0.175 e. The summed E-state index contributed by atoms with van der Waals surface area (Å²) in [6.45, 7) is 2.27. The lowest BCUT2D eigenvalue weighted by Crippen LogP contribution is -2.34. The molecular formula is C17H26O3. The van der Waals surface area contributed by atoms with E-state index < -0.39 is 0 Å². The second-order valence-corrected chi connectivity index (χ2v) is 7.67. The normalized spacial score (nSPS) is 56.5. The van der Waals surface area contributed by atoms with Gasteiger partial charge in [0.2, 0.25) is 0 Å². The Labute approximate surface area is 121 Å². The predicted molar refractivity (Wildman–Crippen MR) is 73.9 cm³/mol. The zero-order valence-corrected chi connectivity index (χ0v) is 12.4. The van der Waals surface area contributed by atoms with Crippen molar-refractivity contribution in [1.29, 1.82) is 0 Å². The zero-order chi connectivity index (χ0) is 13.3. The van der Waals surface area contributed by atoms with Gasteiger partial charge < -0.3 is 14.2 Å². The first-order chi connectivity index (χ1) is 9.84. The minimum absolute atomic E-state index is 0.0765. The van der Waals surface area contributed by atoms with E-state index in [0.717, 1.165) is 18.3 Å². The van der Waals surface area contributed by atoms with Crippen LogP contribution in [0, 0.1) is 23.7 Å². The highest BCUT2D eigenvalue weighted by atomic mass is 16.8. The Morgan fingerprint density at radius 3 is 2.70 bits per heavy atom. The maximum Gasteiger partial charge on any atom is 0.175 e. The number of hydrogen-bond acceptors (Lipinski definition) is 3. The number of fused-ring (bicyclic) bond motifs is 1. The fraction of sp³-hybridized carbons (Fsp3) is 1.00. The van der Waals surface area contributed by atoms with Crippen LogP contribution in [0.25, 0.3) is 0 Å². The van der Waals surface area contributed by atoms with Crippen molar-refractivity contribution in [2.24, 2.45) is 23.7 Å². The van der Waals surface area contributed by atoms with Crippen LogP contribution < -0.4 is 0 Å². The van der Waals surface area contributed by atoms with E-state index in [-0.39, 0.29) is 12.1 Å². The third-order valence-electron chi connectivity index (χ3n) is 6.73. The van der Waals surface area contributed by atoms with Crippen LogP contribution in [0.15, 0.2) is 0 Å². The van der Waals surface area contributed by atoms with Crippen LogP contribution in [0.3, 0.4) is 0 Å². The van der Waals surface area contributed by atoms with Crippen LogP contribution in [-0.4, -0.2) is 24.3 Å². The molecule has 0 radical (unpaired) electrons. The molecule has 0 N–H and O–H groups in total. The van der Waals surface area contributed by atoms with Gasteiger partial charge in [0.05, 0.1) is 12.2 Å². The highest BCUT2D eigenvalue weighted by Crippen LogP contribution is 2.73. The van der Waals surface area contributed by atoms with E-state index in [9.17, 15) is 0 Å². The van der Waals surface area contributed by atoms with Crippen LogP contribution in [0.1, 0.15) is 58.3 Å². The minimum Gasteiger partial charge on any atom is -0.346 e. The summed E-state index contributed by atoms with van der Waals surface area (Å²) in [6.07, 6.45) is 11.3. The van der Waals surface area contributed by atoms with Gasteiger partial charge in [0.25, 0.3) is 0 Å². The van der Waals surface area contributed by atoms with Gasteiger partial charge in [-0.25, -0.2) is 0 Å². The molecule has 2 bridgehead atoms. The molecule has 0 aromatic heterocycles. The van der Waals surface area contributed by atoms with Gasteiger partial charge in [-0.15, -0.1) is 0 Å². The van der Waals surface area contributed by atoms with Crippen molar-refractivity contribution in [3.63, 3.8) is 0 Å². The molecule has 8 atom stereocenters. The van der Waals surface area contributed by atoms with E-state index >= 15 is 0 Å². The standard InChI is InChI=1S/C17H26O3/c1-2-3-4-5-6-7-8-17-13-11-9-10-12(13)16(20-17)18-14(10)15(11)19-17/h10-16H,2-9H2,1H3. The molecule has 3 saturated heterocycles. The van der Waals surface area contributed by atoms with Gasteiger partial charge in [-0.2, -0.15) is 0 Å². The summed E-state index contributed by atoms with van der Waals surface area (Å²) in [4.78, 5) is 0. The first-order valence-electron chi connectivity index (χ1n) is 8.85.